The molecule has 2 aliphatic heterocycles. The van der Waals surface area contributed by atoms with E-state index in [1.165, 1.54) is 24.3 Å². The van der Waals surface area contributed by atoms with Crippen molar-refractivity contribution in [1.82, 2.24) is 25.8 Å². The zero-order valence-electron chi connectivity index (χ0n) is 27.2. The van der Waals surface area contributed by atoms with Gasteiger partial charge in [-0.3, -0.25) is 19.2 Å². The second-order valence-corrected chi connectivity index (χ2v) is 12.9. The Morgan fingerprint density at radius 2 is 1.86 bits per heavy atom. The summed E-state index contributed by atoms with van der Waals surface area (Å²) >= 11 is 0. The molecule has 3 heterocycles. The van der Waals surface area contributed by atoms with Gasteiger partial charge in [0.2, 0.25) is 17.7 Å². The van der Waals surface area contributed by atoms with E-state index in [1.54, 1.807) is 6.07 Å². The number of carbonyl (C=O) groups is 4. The lowest BCUT2D eigenvalue weighted by atomic mass is 9.98. The van der Waals surface area contributed by atoms with Crippen LogP contribution >= 0.6 is 12.4 Å². The van der Waals surface area contributed by atoms with Crippen LogP contribution in [0.4, 0.5) is 14.5 Å². The van der Waals surface area contributed by atoms with E-state index in [4.69, 9.17) is 0 Å². The Balaban J connectivity index is 0.00000468. The maximum Gasteiger partial charge on any atom is 0.270 e. The first kappa shape index (κ1) is 35.9. The minimum absolute atomic E-state index is 0. The maximum absolute atomic E-state index is 14.7. The minimum atomic E-state index is -1.40. The number of piperidine rings is 1. The number of anilines is 1. The number of nitrogens with one attached hydrogen (secondary N) is 4. The molecule has 1 aliphatic carbocycles. The minimum Gasteiger partial charge on any atom is -0.348 e. The summed E-state index contributed by atoms with van der Waals surface area (Å²) in [5.74, 6) is -1.74. The third-order valence-corrected chi connectivity index (χ3v) is 9.13. The highest BCUT2D eigenvalue weighted by atomic mass is 35.5. The molecule has 49 heavy (non-hydrogen) atoms. The van der Waals surface area contributed by atoms with E-state index in [0.29, 0.717) is 22.5 Å². The lowest BCUT2D eigenvalue weighted by molar-refractivity contribution is -0.138. The summed E-state index contributed by atoms with van der Waals surface area (Å²) in [6, 6.07) is 10.7. The average Bonchev–Trinajstić information content (AvgIpc) is 3.84. The molecule has 4 atom stereocenters. The van der Waals surface area contributed by atoms with Crippen LogP contribution in [-0.4, -0.2) is 71.4 Å². The van der Waals surface area contributed by atoms with Gasteiger partial charge in [0, 0.05) is 17.5 Å². The number of amides is 4. The number of nitrogens with zero attached hydrogens (tertiary/aromatic N) is 2. The highest BCUT2D eigenvalue weighted by molar-refractivity contribution is 5.98. The Labute approximate surface area is 289 Å². The first-order chi connectivity index (χ1) is 23.1. The number of aromatic nitrogens is 1. The molecular weight excluding hydrogens is 654 g/mol. The number of carbonyl (C=O) groups excluding carboxylic acids is 4. The van der Waals surface area contributed by atoms with Gasteiger partial charge in [0.1, 0.15) is 23.7 Å². The first-order valence-corrected chi connectivity index (χ1v) is 16.6. The van der Waals surface area contributed by atoms with Crippen molar-refractivity contribution in [1.29, 1.82) is 0 Å². The molecule has 3 aliphatic rings. The van der Waals surface area contributed by atoms with E-state index in [9.17, 15) is 28.0 Å². The zero-order valence-corrected chi connectivity index (χ0v) is 28.0. The summed E-state index contributed by atoms with van der Waals surface area (Å²) in [6.07, 6.45) is 7.67. The fourth-order valence-electron chi connectivity index (χ4n) is 6.28. The Morgan fingerprint density at radius 3 is 2.61 bits per heavy atom. The highest BCUT2D eigenvalue weighted by Gasteiger charge is 2.40. The maximum atomic E-state index is 14.7. The predicted octanol–water partition coefficient (Wildman–Crippen LogP) is 4.85. The smallest absolute Gasteiger partial charge is 0.270 e. The number of fused-ring (bicyclic) bond motifs is 1. The van der Waals surface area contributed by atoms with Crippen molar-refractivity contribution in [3.63, 3.8) is 0 Å². The fraction of sp³-hybridized carbons (Fsp3) is 0.417. The van der Waals surface area contributed by atoms with Gasteiger partial charge in [-0.15, -0.1) is 12.4 Å². The van der Waals surface area contributed by atoms with Crippen molar-refractivity contribution >= 4 is 58.7 Å². The fourth-order valence-corrected chi connectivity index (χ4v) is 6.28. The molecule has 10 nitrogen and oxygen atoms in total. The lowest BCUT2D eigenvalue weighted by Gasteiger charge is -2.26. The van der Waals surface area contributed by atoms with Crippen LogP contribution in [0.1, 0.15) is 73.1 Å². The van der Waals surface area contributed by atoms with E-state index >= 15 is 0 Å². The van der Waals surface area contributed by atoms with Crippen molar-refractivity contribution in [3.05, 3.63) is 77.2 Å². The van der Waals surface area contributed by atoms with Gasteiger partial charge in [-0.25, -0.2) is 13.8 Å². The Morgan fingerprint density at radius 1 is 1.04 bits per heavy atom. The van der Waals surface area contributed by atoms with E-state index in [2.05, 4.69) is 32.3 Å². The number of benzene rings is 2. The lowest BCUT2D eigenvalue weighted by Crippen LogP contribution is -2.49. The number of alkyl halides is 1. The van der Waals surface area contributed by atoms with Gasteiger partial charge < -0.3 is 26.2 Å². The predicted molar refractivity (Wildman–Crippen MR) is 185 cm³/mol. The first-order valence-electron chi connectivity index (χ1n) is 16.6. The Hall–Kier alpha value is -4.42. The van der Waals surface area contributed by atoms with E-state index in [1.807, 2.05) is 31.2 Å². The van der Waals surface area contributed by atoms with Gasteiger partial charge >= 0.3 is 0 Å². The molecule has 3 fully saturated rings. The third kappa shape index (κ3) is 8.98. The molecule has 6 rings (SSSR count). The second-order valence-electron chi connectivity index (χ2n) is 12.9. The molecule has 0 radical (unpaired) electrons. The molecular formula is C36H41ClF2N6O4. The molecule has 13 heteroatoms. The Kier molecular flexibility index (Phi) is 11.6. The van der Waals surface area contributed by atoms with Gasteiger partial charge in [0.05, 0.1) is 30.7 Å². The number of hydrogen-bond acceptors (Lipinski definition) is 6. The van der Waals surface area contributed by atoms with Gasteiger partial charge in [-0.2, -0.15) is 0 Å². The second kappa shape index (κ2) is 15.9. The number of halogens is 3. The van der Waals surface area contributed by atoms with Crippen LogP contribution in [0.2, 0.25) is 0 Å². The van der Waals surface area contributed by atoms with Gasteiger partial charge in [0.15, 0.2) is 0 Å². The topological polar surface area (TPSA) is 133 Å². The summed E-state index contributed by atoms with van der Waals surface area (Å²) < 4.78 is 28.2. The third-order valence-electron chi connectivity index (χ3n) is 9.13. The SMILES string of the molecule is C[C@H](NC(=O)[C@@H]1C[C@@H](F)CN1C(=O)CNC(=O)c1ccc2cc(F)ccc2n1)c1cc(NC(=O)[C@@H]2CCCCN2)ccc1/C=C/C1CC1.Cl. The van der Waals surface area contributed by atoms with Crippen molar-refractivity contribution in [2.75, 3.05) is 25.0 Å². The Bertz CT molecular complexity index is 1750. The number of likely N-dealkylation sites (tertiary alicyclic amines) is 1. The molecule has 0 unspecified atom stereocenters. The van der Waals surface area contributed by atoms with Gasteiger partial charge in [0.25, 0.3) is 5.91 Å². The number of allylic oxidation sites excluding steroid dienone is 1. The van der Waals surface area contributed by atoms with Crippen molar-refractivity contribution in [2.45, 2.75) is 69.7 Å². The molecule has 2 aromatic carbocycles. The van der Waals surface area contributed by atoms with Crippen LogP contribution in [-0.2, 0) is 14.4 Å². The quantitative estimate of drug-likeness (QED) is 0.240. The molecule has 260 valence electrons. The zero-order chi connectivity index (χ0) is 33.8. The highest BCUT2D eigenvalue weighted by Crippen LogP contribution is 2.32. The summed E-state index contributed by atoms with van der Waals surface area (Å²) in [7, 11) is 0. The van der Waals surface area contributed by atoms with Crippen LogP contribution in [0.5, 0.6) is 0 Å². The van der Waals surface area contributed by atoms with Crippen LogP contribution < -0.4 is 21.3 Å². The van der Waals surface area contributed by atoms with Crippen molar-refractivity contribution in [3.8, 4) is 0 Å². The molecule has 0 spiro atoms. The van der Waals surface area contributed by atoms with Crippen molar-refractivity contribution in [2.24, 2.45) is 5.92 Å². The van der Waals surface area contributed by atoms with E-state index < -0.39 is 48.3 Å². The molecule has 1 aromatic heterocycles. The molecule has 0 bridgehead atoms. The van der Waals surface area contributed by atoms with Crippen LogP contribution in [0.3, 0.4) is 0 Å². The normalized spacial score (nSPS) is 21.2. The van der Waals surface area contributed by atoms with Gasteiger partial charge in [-0.1, -0.05) is 30.7 Å². The van der Waals surface area contributed by atoms with Crippen LogP contribution in [0.15, 0.2) is 54.6 Å². The molecule has 4 N–H and O–H groups in total. The summed E-state index contributed by atoms with van der Waals surface area (Å²) in [4.78, 5) is 57.8. The standard InChI is InChI=1S/C36H40F2N6O4.ClH/c1-21(28-18-27(12-9-23(28)8-7-22-5-6-22)42-35(47)30-4-2-3-15-39-30)41-36(48)32-17-26(38)20-44(32)33(45)19-40-34(46)31-13-10-24-16-25(37)11-14-29(24)43-31;/h7-14,16,18,21-22,26,30,32,39H,2-6,15,17,19-20H2,1H3,(H,40,46)(H,41,48)(H,42,47);1H/b8-7+;/t21-,26+,30-,32-;/m0./s1. The average molecular weight is 695 g/mol. The van der Waals surface area contributed by atoms with Crippen LogP contribution in [0.25, 0.3) is 17.0 Å². The van der Waals surface area contributed by atoms with Crippen molar-refractivity contribution < 1.29 is 28.0 Å². The largest absolute Gasteiger partial charge is 0.348 e. The summed E-state index contributed by atoms with van der Waals surface area (Å²) in [5, 5.41) is 12.2. The monoisotopic (exact) mass is 694 g/mol. The number of rotatable bonds is 10. The number of hydrogen-bond donors (Lipinski definition) is 4. The van der Waals surface area contributed by atoms with Gasteiger partial charge in [-0.05, 0) is 92.6 Å². The summed E-state index contributed by atoms with van der Waals surface area (Å²) in [5.41, 5.74) is 2.73. The molecule has 1 saturated carbocycles. The molecule has 4 amide bonds. The van der Waals surface area contributed by atoms with E-state index in [0.717, 1.165) is 54.7 Å². The molecule has 3 aromatic rings. The number of pyridine rings is 1. The van der Waals surface area contributed by atoms with Crippen LogP contribution in [0, 0.1) is 11.7 Å². The van der Waals surface area contributed by atoms with E-state index in [-0.39, 0.29) is 43.0 Å². The molecule has 2 saturated heterocycles. The summed E-state index contributed by atoms with van der Waals surface area (Å²) in [6.45, 7) is 1.89.